The minimum absolute atomic E-state index is 0.680. The molecule has 13 aromatic rings. The fraction of sp³-hybridized carbons (Fsp3) is 0. The number of aromatic nitrogens is 5. The van der Waals surface area contributed by atoms with Crippen molar-refractivity contribution in [1.29, 1.82) is 0 Å². The monoisotopic (exact) mass is 803 g/mol. The molecule has 0 aliphatic heterocycles. The average Bonchev–Trinajstić information content (AvgIpc) is 3.99. The van der Waals surface area contributed by atoms with E-state index in [1.807, 2.05) is 0 Å². The van der Waals surface area contributed by atoms with Gasteiger partial charge >= 0.3 is 0 Å². The summed E-state index contributed by atoms with van der Waals surface area (Å²) in [5.74, 6) is 0.680. The van der Waals surface area contributed by atoms with Crippen molar-refractivity contribution >= 4 is 65.4 Å². The molecule has 4 aromatic heterocycles. The molecule has 0 atom stereocenters. The summed E-state index contributed by atoms with van der Waals surface area (Å²) < 4.78 is 7.06. The van der Waals surface area contributed by atoms with E-state index >= 15 is 0 Å². The highest BCUT2D eigenvalue weighted by Gasteiger charge is 2.19. The van der Waals surface area contributed by atoms with Crippen molar-refractivity contribution in [3.8, 4) is 51.0 Å². The number of nitrogens with zero attached hydrogens (tertiary/aromatic N) is 5. The largest absolute Gasteiger partial charge is 0.309 e. The molecule has 0 saturated carbocycles. The zero-order chi connectivity index (χ0) is 41.4. The van der Waals surface area contributed by atoms with Crippen molar-refractivity contribution in [2.45, 2.75) is 0 Å². The third-order valence-electron chi connectivity index (χ3n) is 12.6. The summed E-state index contributed by atoms with van der Waals surface area (Å²) in [6, 6.07) is 80.2. The Morgan fingerprint density at radius 2 is 0.540 bits per heavy atom. The van der Waals surface area contributed by atoms with Gasteiger partial charge in [-0.2, -0.15) is 0 Å². The first kappa shape index (κ1) is 35.2. The van der Waals surface area contributed by atoms with Crippen molar-refractivity contribution in [2.75, 3.05) is 0 Å². The van der Waals surface area contributed by atoms with E-state index in [9.17, 15) is 0 Å². The average molecular weight is 804 g/mol. The number of para-hydroxylation sites is 6. The molecule has 63 heavy (non-hydrogen) atoms. The Labute approximate surface area is 363 Å². The van der Waals surface area contributed by atoms with E-state index < -0.39 is 0 Å². The lowest BCUT2D eigenvalue weighted by Crippen LogP contribution is -1.97. The van der Waals surface area contributed by atoms with E-state index in [0.717, 1.165) is 72.6 Å². The molecule has 0 unspecified atom stereocenters. The number of fused-ring (bicyclic) bond motifs is 9. The standard InChI is InChI=1S/C58H37N5/c1-4-16-41(17-5-1)61-52-25-13-10-22-44(52)47-34-38(28-31-55(47)61)50-37-51(39-29-32-56-48(35-39)45-23-11-14-26-53(45)62(56)42-18-6-2-7-19-42)60-58(59-50)40-30-33-57-49(36-40)46-24-12-15-27-54(46)63(57)43-20-8-3-9-21-43/h1-37H. The fourth-order valence-corrected chi connectivity index (χ4v) is 9.81. The Bertz CT molecular complexity index is 3480. The number of hydrogen-bond acceptors (Lipinski definition) is 2. The Morgan fingerprint density at radius 3 is 0.921 bits per heavy atom. The van der Waals surface area contributed by atoms with Crippen molar-refractivity contribution in [2.24, 2.45) is 0 Å². The van der Waals surface area contributed by atoms with Gasteiger partial charge in [-0.05, 0) is 103 Å². The van der Waals surface area contributed by atoms with Crippen LogP contribution in [-0.2, 0) is 0 Å². The highest BCUT2D eigenvalue weighted by Crippen LogP contribution is 2.40. The van der Waals surface area contributed by atoms with Crippen LogP contribution >= 0.6 is 0 Å². The van der Waals surface area contributed by atoms with Crippen molar-refractivity contribution < 1.29 is 0 Å². The van der Waals surface area contributed by atoms with Gasteiger partial charge in [0.2, 0.25) is 0 Å². The summed E-state index contributed by atoms with van der Waals surface area (Å²) in [6.07, 6.45) is 0. The minimum Gasteiger partial charge on any atom is -0.309 e. The van der Waals surface area contributed by atoms with Crippen LogP contribution in [0.3, 0.4) is 0 Å². The molecule has 0 saturated heterocycles. The van der Waals surface area contributed by atoms with Crippen LogP contribution in [0, 0.1) is 0 Å². The van der Waals surface area contributed by atoms with Gasteiger partial charge in [0.15, 0.2) is 5.82 Å². The van der Waals surface area contributed by atoms with E-state index in [1.54, 1.807) is 0 Å². The maximum Gasteiger partial charge on any atom is 0.160 e. The van der Waals surface area contributed by atoms with Crippen LogP contribution in [0.4, 0.5) is 0 Å². The quantitative estimate of drug-likeness (QED) is 0.168. The molecule has 0 N–H and O–H groups in total. The summed E-state index contributed by atoms with van der Waals surface area (Å²) in [5.41, 5.74) is 15.1. The summed E-state index contributed by atoms with van der Waals surface area (Å²) in [6.45, 7) is 0. The van der Waals surface area contributed by atoms with Gasteiger partial charge in [0.25, 0.3) is 0 Å². The Kier molecular flexibility index (Phi) is 7.84. The SMILES string of the molecule is c1ccc(-n2c3ccccc3c3cc(-c4cc(-c5ccc6c(c5)c5ccccc5n6-c5ccccc5)nc(-c5ccc6c(c5)c5ccccc5n6-c5ccccc5)n4)ccc32)cc1. The normalized spacial score (nSPS) is 11.8. The summed E-state index contributed by atoms with van der Waals surface area (Å²) in [7, 11) is 0. The number of benzene rings is 9. The maximum absolute atomic E-state index is 5.43. The Morgan fingerprint density at radius 1 is 0.238 bits per heavy atom. The first-order valence-corrected chi connectivity index (χ1v) is 21.4. The molecule has 13 rings (SSSR count). The lowest BCUT2D eigenvalue weighted by molar-refractivity contribution is 1.17. The maximum atomic E-state index is 5.43. The Hall–Kier alpha value is -8.54. The van der Waals surface area contributed by atoms with E-state index in [-0.39, 0.29) is 0 Å². The van der Waals surface area contributed by atoms with Crippen LogP contribution in [0.25, 0.3) is 116 Å². The predicted molar refractivity (Wildman–Crippen MR) is 261 cm³/mol. The molecule has 0 spiro atoms. The molecule has 294 valence electrons. The molecular weight excluding hydrogens is 767 g/mol. The van der Waals surface area contributed by atoms with Crippen LogP contribution in [0.1, 0.15) is 0 Å². The molecule has 0 radical (unpaired) electrons. The van der Waals surface area contributed by atoms with E-state index in [0.29, 0.717) is 5.82 Å². The molecule has 4 heterocycles. The van der Waals surface area contributed by atoms with Gasteiger partial charge in [-0.25, -0.2) is 9.97 Å². The zero-order valence-corrected chi connectivity index (χ0v) is 34.1. The van der Waals surface area contributed by atoms with Crippen LogP contribution in [0.15, 0.2) is 224 Å². The van der Waals surface area contributed by atoms with Crippen LogP contribution in [0.5, 0.6) is 0 Å². The topological polar surface area (TPSA) is 40.6 Å². The lowest BCUT2D eigenvalue weighted by atomic mass is 10.0. The molecule has 0 bridgehead atoms. The fourth-order valence-electron chi connectivity index (χ4n) is 9.81. The minimum atomic E-state index is 0.680. The van der Waals surface area contributed by atoms with E-state index in [1.165, 1.54) is 38.0 Å². The second-order valence-corrected chi connectivity index (χ2v) is 16.2. The van der Waals surface area contributed by atoms with Gasteiger partial charge in [-0.15, -0.1) is 0 Å². The van der Waals surface area contributed by atoms with Crippen molar-refractivity contribution in [1.82, 2.24) is 23.7 Å². The molecule has 0 aliphatic carbocycles. The smallest absolute Gasteiger partial charge is 0.160 e. The third kappa shape index (κ3) is 5.57. The van der Waals surface area contributed by atoms with Gasteiger partial charge in [0, 0.05) is 66.1 Å². The van der Waals surface area contributed by atoms with Gasteiger partial charge in [-0.3, -0.25) is 0 Å². The summed E-state index contributed by atoms with van der Waals surface area (Å²) in [4.78, 5) is 10.9. The zero-order valence-electron chi connectivity index (χ0n) is 34.1. The van der Waals surface area contributed by atoms with Gasteiger partial charge in [0.1, 0.15) is 0 Å². The molecule has 9 aromatic carbocycles. The molecule has 5 heteroatoms. The van der Waals surface area contributed by atoms with Crippen molar-refractivity contribution in [3.05, 3.63) is 224 Å². The molecule has 0 aliphatic rings. The summed E-state index contributed by atoms with van der Waals surface area (Å²) in [5, 5.41) is 7.11. The van der Waals surface area contributed by atoms with Gasteiger partial charge < -0.3 is 13.7 Å². The van der Waals surface area contributed by atoms with Crippen LogP contribution in [-0.4, -0.2) is 23.7 Å². The van der Waals surface area contributed by atoms with E-state index in [4.69, 9.17) is 9.97 Å². The van der Waals surface area contributed by atoms with Gasteiger partial charge in [-0.1, -0.05) is 121 Å². The second-order valence-electron chi connectivity index (χ2n) is 16.2. The van der Waals surface area contributed by atoms with Crippen LogP contribution in [0.2, 0.25) is 0 Å². The molecular formula is C58H37N5. The first-order chi connectivity index (χ1) is 31.2. The van der Waals surface area contributed by atoms with Crippen LogP contribution < -0.4 is 0 Å². The number of rotatable bonds is 6. The third-order valence-corrected chi connectivity index (χ3v) is 12.6. The Balaban J connectivity index is 1.04. The van der Waals surface area contributed by atoms with Gasteiger partial charge in [0.05, 0.1) is 44.5 Å². The van der Waals surface area contributed by atoms with E-state index in [2.05, 4.69) is 238 Å². The predicted octanol–water partition coefficient (Wildman–Crippen LogP) is 14.8. The molecule has 0 fully saturated rings. The highest BCUT2D eigenvalue weighted by molar-refractivity contribution is 6.13. The van der Waals surface area contributed by atoms with Crippen molar-refractivity contribution in [3.63, 3.8) is 0 Å². The summed E-state index contributed by atoms with van der Waals surface area (Å²) >= 11 is 0. The lowest BCUT2D eigenvalue weighted by Gasteiger charge is -2.12. The first-order valence-electron chi connectivity index (χ1n) is 21.4. The second kappa shape index (κ2) is 14.0. The molecule has 0 amide bonds. The number of hydrogen-bond donors (Lipinski definition) is 0. The molecule has 5 nitrogen and oxygen atoms in total. The highest BCUT2D eigenvalue weighted by atomic mass is 15.0.